The number of aromatic nitrogens is 7. The molecule has 5 atom stereocenters. The van der Waals surface area contributed by atoms with Crippen LogP contribution in [0, 0.1) is 34.6 Å². The first-order chi connectivity index (χ1) is 60.2. The molecule has 8 aromatic carbocycles. The largest absolute Gasteiger partial charge is 0.454 e. The number of rotatable bonds is 8. The summed E-state index contributed by atoms with van der Waals surface area (Å²) >= 11 is 0. The average Bonchev–Trinajstić information content (AvgIpc) is 1.58. The van der Waals surface area contributed by atoms with Crippen LogP contribution in [0.5, 0.6) is 0 Å². The molecular weight excluding hydrogens is 1530 g/mol. The summed E-state index contributed by atoms with van der Waals surface area (Å²) in [6, 6.07) is 56.9. The van der Waals surface area contributed by atoms with Gasteiger partial charge in [-0.05, 0) is 199 Å². The maximum absolute atomic E-state index is 8.66. The fourth-order valence-electron chi connectivity index (χ4n) is 18.7. The molecule has 0 aliphatic carbocycles. The van der Waals surface area contributed by atoms with Crippen molar-refractivity contribution in [2.45, 2.75) is 160 Å². The van der Waals surface area contributed by atoms with Gasteiger partial charge >= 0.3 is 0 Å². The molecule has 5 aliphatic rings. The number of para-hydroxylation sites is 4. The molecule has 0 bridgehead atoms. The van der Waals surface area contributed by atoms with Crippen molar-refractivity contribution in [3.63, 3.8) is 0 Å². The lowest BCUT2D eigenvalue weighted by molar-refractivity contribution is 0.263. The zero-order valence-electron chi connectivity index (χ0n) is 74.6. The number of fused-ring (bicyclic) bond motifs is 18. The molecule has 23 rings (SSSR count). The van der Waals surface area contributed by atoms with Crippen molar-refractivity contribution in [1.29, 1.82) is 0 Å². The van der Waals surface area contributed by atoms with Crippen molar-refractivity contribution in [2.24, 2.45) is 0 Å². The molecule has 10 aromatic heterocycles. The third kappa shape index (κ3) is 13.0. The summed E-state index contributed by atoms with van der Waals surface area (Å²) in [5, 5.41) is 10.9. The van der Waals surface area contributed by atoms with E-state index in [1.165, 1.54) is 28.1 Å². The minimum Gasteiger partial charge on any atom is -0.454 e. The monoisotopic (exact) mass is 1630 g/mol. The fraction of sp³-hybridized carbons (Fsp3) is 0.257. The average molecular weight is 1640 g/mol. The van der Waals surface area contributed by atoms with Crippen molar-refractivity contribution in [3.8, 4) is 0 Å². The minimum absolute atomic E-state index is 0.123. The van der Waals surface area contributed by atoms with E-state index in [1.807, 2.05) is 92.1 Å². The zero-order chi connectivity index (χ0) is 87.1. The molecule has 0 spiro atoms. The van der Waals surface area contributed by atoms with Gasteiger partial charge in [0.2, 0.25) is 17.1 Å². The summed E-state index contributed by atoms with van der Waals surface area (Å²) in [5.41, 5.74) is 21.8. The molecule has 5 unspecified atom stereocenters. The zero-order valence-corrected chi connectivity index (χ0v) is 72.6. The molecule has 22 heteroatoms. The third-order valence-electron chi connectivity index (χ3n) is 24.9. The molecule has 18 aromatic rings. The van der Waals surface area contributed by atoms with E-state index in [4.69, 9.17) is 24.8 Å². The molecule has 0 saturated carbocycles. The van der Waals surface area contributed by atoms with Crippen LogP contribution in [-0.4, -0.2) is 108 Å². The van der Waals surface area contributed by atoms with E-state index in [0.717, 1.165) is 156 Å². The molecule has 0 radical (unpaired) electrons. The molecule has 0 amide bonds. The van der Waals surface area contributed by atoms with E-state index in [-0.39, 0.29) is 30.8 Å². The van der Waals surface area contributed by atoms with Crippen molar-refractivity contribution >= 4 is 173 Å². The number of hydrogen-bond acceptors (Lipinski definition) is 22. The van der Waals surface area contributed by atoms with Gasteiger partial charge in [-0.15, -0.1) is 0 Å². The number of anilines is 11. The van der Waals surface area contributed by atoms with Gasteiger partial charge in [-0.2, -0.15) is 0 Å². The second-order valence-corrected chi connectivity index (χ2v) is 33.1. The van der Waals surface area contributed by atoms with Gasteiger partial charge in [0.1, 0.15) is 42.0 Å². The predicted octanol–water partition coefficient (Wildman–Crippen LogP) is 24.5. The Morgan fingerprint density at radius 2 is 0.642 bits per heavy atom. The Kier molecular flexibility index (Phi) is 19.3. The lowest BCUT2D eigenvalue weighted by Gasteiger charge is -2.33. The highest BCUT2D eigenvalue weighted by molar-refractivity contribution is 6.14. The van der Waals surface area contributed by atoms with Gasteiger partial charge in [0.05, 0.1) is 42.6 Å². The molecule has 5 aliphatic heterocycles. The Hall–Kier alpha value is -14.2. The second-order valence-electron chi connectivity index (χ2n) is 33.1. The Labute approximate surface area is 717 Å². The summed E-state index contributed by atoms with van der Waals surface area (Å²) in [6.45, 7) is 33.3. The Morgan fingerprint density at radius 1 is 0.301 bits per heavy atom. The quantitative estimate of drug-likeness (QED) is 0.140. The van der Waals surface area contributed by atoms with Gasteiger partial charge in [0, 0.05) is 154 Å². The summed E-state index contributed by atoms with van der Waals surface area (Å²) in [4.78, 5) is 53.5. The highest BCUT2D eigenvalue weighted by Crippen LogP contribution is 2.52. The lowest BCUT2D eigenvalue weighted by atomic mass is 10.1. The van der Waals surface area contributed by atoms with Crippen molar-refractivity contribution in [2.75, 3.05) is 53.3 Å². The van der Waals surface area contributed by atoms with Crippen LogP contribution < -0.4 is 39.2 Å². The highest BCUT2D eigenvalue weighted by atomic mass is 16.4. The Bertz CT molecular complexity index is 7110. The summed E-state index contributed by atoms with van der Waals surface area (Å²) < 4.78 is 48.3. The molecule has 15 heterocycles. The van der Waals surface area contributed by atoms with Crippen LogP contribution in [0.2, 0.25) is 0 Å². The number of nitrogens with zero attached hydrogens (tertiary/aromatic N) is 17. The van der Waals surface area contributed by atoms with Crippen LogP contribution in [0.15, 0.2) is 260 Å². The molecule has 0 saturated heterocycles. The van der Waals surface area contributed by atoms with Gasteiger partial charge in [-0.25, -0.2) is 34.9 Å². The van der Waals surface area contributed by atoms with Gasteiger partial charge in [0.25, 0.3) is 0 Å². The molecule has 0 fully saturated rings. The SMILES string of the molecule is Cc1ccc2c(oc3ncccc32)c1N1C=CN(C(C)C)C1C.Cc1ccc2c(oc3ncccc32)c1N1C=CN(C)C1C.Cc1ccc2c(oc3ncccc32)c1N1c2ccccc2N(C)C1C.[2H]C(C)(C)N1c2nccnc2N(c2c(C)ccc3c2oc2ccccc23)C1C.[2H]C(C)(C)N1c2nccnc2N(c2c(C)ccc3c2oc2ccccc23)C1C. The summed E-state index contributed by atoms with van der Waals surface area (Å²) in [5.74, 6) is 2.96. The maximum atomic E-state index is 8.66. The maximum Gasteiger partial charge on any atom is 0.227 e. The minimum atomic E-state index is -0.839. The molecule has 22 nitrogen and oxygen atoms in total. The lowest BCUT2D eigenvalue weighted by Crippen LogP contribution is -2.42. The van der Waals surface area contributed by atoms with E-state index < -0.39 is 12.0 Å². The van der Waals surface area contributed by atoms with Crippen LogP contribution in [0.3, 0.4) is 0 Å². The number of aryl methyl sites for hydroxylation is 5. The Morgan fingerprint density at radius 3 is 1.04 bits per heavy atom. The number of pyridine rings is 3. The molecule has 0 N–H and O–H groups in total. The van der Waals surface area contributed by atoms with Gasteiger partial charge in [-0.3, -0.25) is 9.80 Å². The standard InChI is InChI=1S/2C22H22N4O.C21H19N3O.C19H21N3O.C17H17N3O/c2*1-13(2)25-15(4)26(22-21(25)23-11-12-24-22)19-14(3)9-10-17-16-7-5-6-8-18(16)27-20(17)19;1-13-10-11-15-16-7-6-12-22-21(16)25-20(15)19(13)24-14(2)23(3)17-8-4-5-9-18(17)24;1-12(2)21-10-11-22(14(21)4)17-13(3)7-8-15-16-6-5-9-20-19(16)23-18(15)17;1-11-6-7-13-14-5-4-8-18-17(14)21-16(13)15(11)20-10-9-19(3)12(20)2/h2*5-13,15H,1-4H3;4-12,14H,1-3H3;5-12,14H,1-4H3;4-10,12H,1-3H3/i2*13D;;;. The van der Waals surface area contributed by atoms with Gasteiger partial charge in [-0.1, -0.05) is 109 Å². The van der Waals surface area contributed by atoms with Crippen molar-refractivity contribution in [3.05, 3.63) is 266 Å². The van der Waals surface area contributed by atoms with E-state index in [2.05, 4.69) is 311 Å². The number of benzene rings is 8. The van der Waals surface area contributed by atoms with Crippen molar-refractivity contribution in [1.82, 2.24) is 44.7 Å². The normalized spacial score (nSPS) is 17.7. The van der Waals surface area contributed by atoms with E-state index in [1.54, 1.807) is 43.4 Å². The summed E-state index contributed by atoms with van der Waals surface area (Å²) in [7, 11) is 4.22. The topological polar surface area (TPSA) is 188 Å². The molecule has 123 heavy (non-hydrogen) atoms. The van der Waals surface area contributed by atoms with Crippen LogP contribution in [0.25, 0.3) is 110 Å². The first-order valence-electron chi connectivity index (χ1n) is 43.1. The first kappa shape index (κ1) is 76.3. The smallest absolute Gasteiger partial charge is 0.227 e. The first-order valence-corrected chi connectivity index (χ1v) is 42.1. The summed E-state index contributed by atoms with van der Waals surface area (Å²) in [6.07, 6.45) is 21.1. The van der Waals surface area contributed by atoms with E-state index in [9.17, 15) is 0 Å². The van der Waals surface area contributed by atoms with E-state index >= 15 is 0 Å². The van der Waals surface area contributed by atoms with E-state index in [0.29, 0.717) is 23.2 Å². The highest BCUT2D eigenvalue weighted by Gasteiger charge is 2.43. The fourth-order valence-corrected chi connectivity index (χ4v) is 18.7. The predicted molar refractivity (Wildman–Crippen MR) is 502 cm³/mol. The van der Waals surface area contributed by atoms with Crippen LogP contribution in [0.1, 0.15) is 107 Å². The molecular formula is C101H101N17O5. The van der Waals surface area contributed by atoms with Gasteiger partial charge in [0.15, 0.2) is 51.2 Å². The number of furan rings is 5. The van der Waals surface area contributed by atoms with Crippen molar-refractivity contribution < 1.29 is 24.8 Å². The van der Waals surface area contributed by atoms with Gasteiger partial charge < -0.3 is 61.3 Å². The van der Waals surface area contributed by atoms with Crippen LogP contribution in [0.4, 0.5) is 63.1 Å². The Balaban J connectivity index is 0.000000103. The third-order valence-corrected chi connectivity index (χ3v) is 24.9. The number of hydrogen-bond donors (Lipinski definition) is 0. The van der Waals surface area contributed by atoms with Crippen LogP contribution in [-0.2, 0) is 0 Å². The molecule has 620 valence electrons. The second kappa shape index (κ2) is 31.1. The van der Waals surface area contributed by atoms with Crippen LogP contribution >= 0.6 is 0 Å².